The number of sulfonamides is 1. The summed E-state index contributed by atoms with van der Waals surface area (Å²) in [5, 5.41) is 2.98. The lowest BCUT2D eigenvalue weighted by molar-refractivity contribution is 0.102. The molecule has 3 rings (SSSR count). The van der Waals surface area contributed by atoms with Crippen LogP contribution in [0, 0.1) is 6.92 Å². The number of benzene rings is 2. The third-order valence-electron chi connectivity index (χ3n) is 4.64. The molecular formula is C20H25N3O3S. The van der Waals surface area contributed by atoms with Gasteiger partial charge in [0, 0.05) is 18.7 Å². The summed E-state index contributed by atoms with van der Waals surface area (Å²) in [6.07, 6.45) is 4.64. The van der Waals surface area contributed by atoms with E-state index in [4.69, 9.17) is 0 Å². The number of carbonyl (C=O) groups is 1. The number of nitrogens with one attached hydrogen (secondary N) is 2. The summed E-state index contributed by atoms with van der Waals surface area (Å²) in [5.74, 6) is -0.268. The SMILES string of the molecule is Cc1ccc(C(=O)Nc2ccccc2N2CCCCC2)cc1NS(C)(=O)=O. The van der Waals surface area contributed by atoms with Crippen molar-refractivity contribution in [3.8, 4) is 0 Å². The molecule has 0 aliphatic carbocycles. The summed E-state index contributed by atoms with van der Waals surface area (Å²) < 4.78 is 25.5. The van der Waals surface area contributed by atoms with E-state index in [1.54, 1.807) is 25.1 Å². The molecule has 1 aliphatic heterocycles. The van der Waals surface area contributed by atoms with Gasteiger partial charge >= 0.3 is 0 Å². The Morgan fingerprint density at radius 3 is 2.41 bits per heavy atom. The van der Waals surface area contributed by atoms with Gasteiger partial charge in [0.2, 0.25) is 10.0 Å². The summed E-state index contributed by atoms with van der Waals surface area (Å²) in [6.45, 7) is 3.76. The molecule has 0 bridgehead atoms. The maximum Gasteiger partial charge on any atom is 0.255 e. The number of para-hydroxylation sites is 2. The Bertz CT molecular complexity index is 935. The molecule has 0 unspecified atom stereocenters. The van der Waals surface area contributed by atoms with Crippen molar-refractivity contribution in [2.24, 2.45) is 0 Å². The predicted molar refractivity (Wildman–Crippen MR) is 110 cm³/mol. The molecule has 2 aromatic rings. The first kappa shape index (κ1) is 19.2. The third-order valence-corrected chi connectivity index (χ3v) is 5.23. The lowest BCUT2D eigenvalue weighted by Crippen LogP contribution is -2.30. The second-order valence-corrected chi connectivity index (χ2v) is 8.67. The average Bonchev–Trinajstić information content (AvgIpc) is 2.63. The topological polar surface area (TPSA) is 78.5 Å². The van der Waals surface area contributed by atoms with Crippen molar-refractivity contribution in [2.45, 2.75) is 26.2 Å². The zero-order chi connectivity index (χ0) is 19.4. The zero-order valence-corrected chi connectivity index (χ0v) is 16.5. The molecule has 7 heteroatoms. The molecule has 1 saturated heterocycles. The molecule has 1 fully saturated rings. The van der Waals surface area contributed by atoms with Crippen molar-refractivity contribution in [1.29, 1.82) is 0 Å². The van der Waals surface area contributed by atoms with Gasteiger partial charge in [-0.2, -0.15) is 0 Å². The maximum absolute atomic E-state index is 12.8. The number of piperidine rings is 1. The molecule has 0 radical (unpaired) electrons. The number of hydrogen-bond acceptors (Lipinski definition) is 4. The van der Waals surface area contributed by atoms with Gasteiger partial charge in [0.05, 0.1) is 23.3 Å². The van der Waals surface area contributed by atoms with Crippen molar-refractivity contribution in [3.63, 3.8) is 0 Å². The van der Waals surface area contributed by atoms with Crippen molar-refractivity contribution in [2.75, 3.05) is 34.3 Å². The van der Waals surface area contributed by atoms with Gasteiger partial charge in [-0.3, -0.25) is 9.52 Å². The van der Waals surface area contributed by atoms with Gasteiger partial charge < -0.3 is 10.2 Å². The van der Waals surface area contributed by atoms with E-state index in [0.717, 1.165) is 49.1 Å². The number of hydrogen-bond donors (Lipinski definition) is 2. The fourth-order valence-electron chi connectivity index (χ4n) is 3.26. The number of anilines is 3. The number of nitrogens with zero attached hydrogens (tertiary/aromatic N) is 1. The quantitative estimate of drug-likeness (QED) is 0.821. The van der Waals surface area contributed by atoms with Gasteiger partial charge in [-0.1, -0.05) is 18.2 Å². The minimum atomic E-state index is -3.41. The first-order chi connectivity index (χ1) is 12.8. The molecule has 0 aromatic heterocycles. The van der Waals surface area contributed by atoms with Crippen LogP contribution < -0.4 is 14.9 Å². The Morgan fingerprint density at radius 2 is 1.70 bits per heavy atom. The Balaban J connectivity index is 1.83. The Hall–Kier alpha value is -2.54. The third kappa shape index (κ3) is 5.01. The largest absolute Gasteiger partial charge is 0.370 e. The molecule has 0 saturated carbocycles. The van der Waals surface area contributed by atoms with E-state index in [1.165, 1.54) is 6.42 Å². The van der Waals surface area contributed by atoms with E-state index in [0.29, 0.717) is 11.3 Å². The predicted octanol–water partition coefficient (Wildman–Crippen LogP) is 3.61. The number of carbonyl (C=O) groups excluding carboxylic acids is 1. The van der Waals surface area contributed by atoms with Crippen molar-refractivity contribution in [1.82, 2.24) is 0 Å². The highest BCUT2D eigenvalue weighted by Gasteiger charge is 2.17. The molecule has 2 N–H and O–H groups in total. The van der Waals surface area contributed by atoms with E-state index in [2.05, 4.69) is 14.9 Å². The summed E-state index contributed by atoms with van der Waals surface area (Å²) in [5.41, 5.74) is 3.36. The van der Waals surface area contributed by atoms with Gasteiger partial charge in [-0.25, -0.2) is 8.42 Å². The molecule has 0 atom stereocenters. The first-order valence-corrected chi connectivity index (χ1v) is 11.0. The summed E-state index contributed by atoms with van der Waals surface area (Å²) >= 11 is 0. The van der Waals surface area contributed by atoms with Crippen LogP contribution in [0.25, 0.3) is 0 Å². The maximum atomic E-state index is 12.8. The van der Waals surface area contributed by atoms with Gasteiger partial charge in [-0.05, 0) is 56.0 Å². The van der Waals surface area contributed by atoms with E-state index < -0.39 is 10.0 Å². The molecule has 1 amide bonds. The van der Waals surface area contributed by atoms with Crippen LogP contribution in [-0.4, -0.2) is 33.7 Å². The highest BCUT2D eigenvalue weighted by molar-refractivity contribution is 7.92. The second-order valence-electron chi connectivity index (χ2n) is 6.92. The van der Waals surface area contributed by atoms with Gasteiger partial charge in [0.1, 0.15) is 0 Å². The molecule has 2 aromatic carbocycles. The highest BCUT2D eigenvalue weighted by Crippen LogP contribution is 2.29. The van der Waals surface area contributed by atoms with Crippen molar-refractivity contribution in [3.05, 3.63) is 53.6 Å². The fourth-order valence-corrected chi connectivity index (χ4v) is 3.88. The molecule has 0 spiro atoms. The van der Waals surface area contributed by atoms with E-state index in [1.807, 2.05) is 24.3 Å². The second kappa shape index (κ2) is 8.00. The standard InChI is InChI=1S/C20H25N3O3S/c1-15-10-11-16(14-18(15)22-27(2,25)26)20(24)21-17-8-4-5-9-19(17)23-12-6-3-7-13-23/h4-5,8-11,14,22H,3,6-7,12-13H2,1-2H3,(H,21,24). The molecule has 27 heavy (non-hydrogen) atoms. The van der Waals surface area contributed by atoms with Crippen LogP contribution in [-0.2, 0) is 10.0 Å². The minimum absolute atomic E-state index is 0.268. The zero-order valence-electron chi connectivity index (χ0n) is 15.7. The number of amides is 1. The van der Waals surface area contributed by atoms with Crippen molar-refractivity contribution >= 4 is 33.0 Å². The van der Waals surface area contributed by atoms with E-state index >= 15 is 0 Å². The van der Waals surface area contributed by atoms with Crippen LogP contribution in [0.2, 0.25) is 0 Å². The number of aryl methyl sites for hydroxylation is 1. The van der Waals surface area contributed by atoms with Crippen LogP contribution in [0.4, 0.5) is 17.1 Å². The lowest BCUT2D eigenvalue weighted by atomic mass is 10.1. The minimum Gasteiger partial charge on any atom is -0.370 e. The Morgan fingerprint density at radius 1 is 1.00 bits per heavy atom. The van der Waals surface area contributed by atoms with Crippen LogP contribution in [0.5, 0.6) is 0 Å². The van der Waals surface area contributed by atoms with Gasteiger partial charge in [-0.15, -0.1) is 0 Å². The normalized spacial score (nSPS) is 14.7. The lowest BCUT2D eigenvalue weighted by Gasteiger charge is -2.30. The molecule has 6 nitrogen and oxygen atoms in total. The van der Waals surface area contributed by atoms with Crippen LogP contribution in [0.3, 0.4) is 0 Å². The van der Waals surface area contributed by atoms with Gasteiger partial charge in [0.25, 0.3) is 5.91 Å². The van der Waals surface area contributed by atoms with E-state index in [-0.39, 0.29) is 5.91 Å². The fraction of sp³-hybridized carbons (Fsp3) is 0.350. The van der Waals surface area contributed by atoms with Crippen LogP contribution in [0.15, 0.2) is 42.5 Å². The van der Waals surface area contributed by atoms with Crippen molar-refractivity contribution < 1.29 is 13.2 Å². The van der Waals surface area contributed by atoms with Crippen LogP contribution in [0.1, 0.15) is 35.2 Å². The molecule has 1 aliphatic rings. The summed E-state index contributed by atoms with van der Waals surface area (Å²) in [6, 6.07) is 12.8. The number of rotatable bonds is 5. The smallest absolute Gasteiger partial charge is 0.255 e. The molecule has 144 valence electrons. The first-order valence-electron chi connectivity index (χ1n) is 9.07. The summed E-state index contributed by atoms with van der Waals surface area (Å²) in [7, 11) is -3.41. The van der Waals surface area contributed by atoms with Gasteiger partial charge in [0.15, 0.2) is 0 Å². The summed E-state index contributed by atoms with van der Waals surface area (Å²) in [4.78, 5) is 15.1. The molecular weight excluding hydrogens is 362 g/mol. The Labute approximate surface area is 160 Å². The monoisotopic (exact) mass is 387 g/mol. The van der Waals surface area contributed by atoms with Crippen LogP contribution >= 0.6 is 0 Å². The highest BCUT2D eigenvalue weighted by atomic mass is 32.2. The van der Waals surface area contributed by atoms with E-state index in [9.17, 15) is 13.2 Å². The molecule has 1 heterocycles. The Kier molecular flexibility index (Phi) is 5.70. The average molecular weight is 388 g/mol.